The van der Waals surface area contributed by atoms with Gasteiger partial charge in [-0.3, -0.25) is 4.79 Å². The molecule has 0 aliphatic rings. The molecular formula is C20H20BrN3O. The van der Waals surface area contributed by atoms with Crippen molar-refractivity contribution in [2.45, 2.75) is 20.3 Å². The highest BCUT2D eigenvalue weighted by Crippen LogP contribution is 2.18. The van der Waals surface area contributed by atoms with Gasteiger partial charge in [0.05, 0.1) is 0 Å². The van der Waals surface area contributed by atoms with Crippen LogP contribution in [0.4, 0.5) is 5.69 Å². The second-order valence-electron chi connectivity index (χ2n) is 5.71. The summed E-state index contributed by atoms with van der Waals surface area (Å²) in [7, 11) is 0. The van der Waals surface area contributed by atoms with Gasteiger partial charge in [0.15, 0.2) is 0 Å². The lowest BCUT2D eigenvalue weighted by molar-refractivity contribution is -0.112. The summed E-state index contributed by atoms with van der Waals surface area (Å²) in [5, 5.41) is 15.1. The van der Waals surface area contributed by atoms with E-state index >= 15 is 0 Å². The van der Waals surface area contributed by atoms with Crippen LogP contribution in [-0.4, -0.2) is 12.5 Å². The van der Waals surface area contributed by atoms with Gasteiger partial charge in [-0.1, -0.05) is 40.2 Å². The molecule has 0 unspecified atom stereocenters. The number of hydrogen-bond donors (Lipinski definition) is 2. The second-order valence-corrected chi connectivity index (χ2v) is 6.62. The lowest BCUT2D eigenvalue weighted by atomic mass is 10.1. The minimum absolute atomic E-state index is 0.0511. The fourth-order valence-corrected chi connectivity index (χ4v) is 2.75. The summed E-state index contributed by atoms with van der Waals surface area (Å²) in [4.78, 5) is 12.3. The molecule has 0 heterocycles. The molecule has 128 valence electrons. The Hall–Kier alpha value is -2.58. The van der Waals surface area contributed by atoms with E-state index in [1.54, 1.807) is 0 Å². The molecule has 0 fully saturated rings. The van der Waals surface area contributed by atoms with Crippen molar-refractivity contribution >= 4 is 27.5 Å². The Morgan fingerprint density at radius 1 is 1.24 bits per heavy atom. The van der Waals surface area contributed by atoms with E-state index in [1.165, 1.54) is 11.8 Å². The Balaban J connectivity index is 1.94. The summed E-state index contributed by atoms with van der Waals surface area (Å²) in [6, 6.07) is 15.7. The predicted molar refractivity (Wildman–Crippen MR) is 104 cm³/mol. The SMILES string of the molecule is Cc1cccc(NC(=O)/C(C#N)=C\NCCc2cccc(Br)c2)c1C. The van der Waals surface area contributed by atoms with Crippen molar-refractivity contribution in [1.29, 1.82) is 5.26 Å². The largest absolute Gasteiger partial charge is 0.389 e. The van der Waals surface area contributed by atoms with E-state index in [4.69, 9.17) is 0 Å². The second kappa shape index (κ2) is 9.05. The first kappa shape index (κ1) is 18.8. The molecule has 0 aliphatic carbocycles. The zero-order chi connectivity index (χ0) is 18.2. The lowest BCUT2D eigenvalue weighted by Gasteiger charge is -2.10. The summed E-state index contributed by atoms with van der Waals surface area (Å²) in [5.74, 6) is -0.411. The third-order valence-corrected chi connectivity index (χ3v) is 4.40. The molecule has 2 aromatic rings. The van der Waals surface area contributed by atoms with Gasteiger partial charge in [-0.15, -0.1) is 0 Å². The van der Waals surface area contributed by atoms with Gasteiger partial charge in [-0.2, -0.15) is 5.26 Å². The van der Waals surface area contributed by atoms with Gasteiger partial charge >= 0.3 is 0 Å². The Morgan fingerprint density at radius 2 is 2.00 bits per heavy atom. The van der Waals surface area contributed by atoms with Crippen LogP contribution in [0.25, 0.3) is 0 Å². The number of hydrogen-bond acceptors (Lipinski definition) is 3. The quantitative estimate of drug-likeness (QED) is 0.435. The topological polar surface area (TPSA) is 64.9 Å². The predicted octanol–water partition coefficient (Wildman–Crippen LogP) is 4.24. The molecule has 0 atom stereocenters. The molecular weight excluding hydrogens is 378 g/mol. The molecule has 2 N–H and O–H groups in total. The third-order valence-electron chi connectivity index (χ3n) is 3.91. The van der Waals surface area contributed by atoms with Gasteiger partial charge in [0.25, 0.3) is 5.91 Å². The van der Waals surface area contributed by atoms with Crippen molar-refractivity contribution in [2.24, 2.45) is 0 Å². The first-order chi connectivity index (χ1) is 12.0. The van der Waals surface area contributed by atoms with Crippen LogP contribution in [0.2, 0.25) is 0 Å². The molecule has 0 saturated carbocycles. The summed E-state index contributed by atoms with van der Waals surface area (Å²) in [6.07, 6.45) is 2.27. The normalized spacial score (nSPS) is 10.9. The van der Waals surface area contributed by atoms with Crippen LogP contribution < -0.4 is 10.6 Å². The molecule has 5 heteroatoms. The Morgan fingerprint density at radius 3 is 2.72 bits per heavy atom. The summed E-state index contributed by atoms with van der Waals surface area (Å²) in [5.41, 5.74) is 4.03. The fraction of sp³-hybridized carbons (Fsp3) is 0.200. The highest BCUT2D eigenvalue weighted by atomic mass is 79.9. The molecule has 2 aromatic carbocycles. The third kappa shape index (κ3) is 5.47. The van der Waals surface area contributed by atoms with Gasteiger partial charge in [0.1, 0.15) is 11.6 Å². The zero-order valence-corrected chi connectivity index (χ0v) is 15.9. The zero-order valence-electron chi connectivity index (χ0n) is 14.3. The number of carbonyl (C=O) groups excluding carboxylic acids is 1. The Kier molecular flexibility index (Phi) is 6.79. The molecule has 0 bridgehead atoms. The van der Waals surface area contributed by atoms with Crippen molar-refractivity contribution in [3.8, 4) is 6.07 Å². The number of carbonyl (C=O) groups is 1. The first-order valence-corrected chi connectivity index (χ1v) is 8.76. The van der Waals surface area contributed by atoms with E-state index in [9.17, 15) is 10.1 Å². The average molecular weight is 398 g/mol. The van der Waals surface area contributed by atoms with Gasteiger partial charge in [0, 0.05) is 22.9 Å². The molecule has 0 aromatic heterocycles. The van der Waals surface area contributed by atoms with E-state index in [-0.39, 0.29) is 5.57 Å². The van der Waals surface area contributed by atoms with Crippen LogP contribution in [0.3, 0.4) is 0 Å². The minimum Gasteiger partial charge on any atom is -0.389 e. The Bertz CT molecular complexity index is 837. The molecule has 25 heavy (non-hydrogen) atoms. The van der Waals surface area contributed by atoms with Crippen LogP contribution in [0.15, 0.2) is 58.7 Å². The van der Waals surface area contributed by atoms with Gasteiger partial charge < -0.3 is 10.6 Å². The van der Waals surface area contributed by atoms with Crippen molar-refractivity contribution < 1.29 is 4.79 Å². The number of benzene rings is 2. The highest BCUT2D eigenvalue weighted by molar-refractivity contribution is 9.10. The first-order valence-electron chi connectivity index (χ1n) is 7.97. The van der Waals surface area contributed by atoms with E-state index < -0.39 is 5.91 Å². The maximum Gasteiger partial charge on any atom is 0.267 e. The summed E-state index contributed by atoms with van der Waals surface area (Å²) in [6.45, 7) is 4.56. The number of nitriles is 1. The van der Waals surface area contributed by atoms with Crippen molar-refractivity contribution in [2.75, 3.05) is 11.9 Å². The number of nitrogens with zero attached hydrogens (tertiary/aromatic N) is 1. The smallest absolute Gasteiger partial charge is 0.267 e. The number of amides is 1. The monoisotopic (exact) mass is 397 g/mol. The van der Waals surface area contributed by atoms with Crippen LogP contribution in [-0.2, 0) is 11.2 Å². The summed E-state index contributed by atoms with van der Waals surface area (Å²) >= 11 is 3.44. The van der Waals surface area contributed by atoms with Gasteiger partial charge in [-0.25, -0.2) is 0 Å². The molecule has 2 rings (SSSR count). The van der Waals surface area contributed by atoms with Crippen LogP contribution in [0.1, 0.15) is 16.7 Å². The number of halogens is 1. The fourth-order valence-electron chi connectivity index (χ4n) is 2.31. The van der Waals surface area contributed by atoms with Crippen molar-refractivity contribution in [3.05, 3.63) is 75.4 Å². The Labute approximate surface area is 156 Å². The number of aryl methyl sites for hydroxylation is 1. The average Bonchev–Trinajstić information content (AvgIpc) is 2.59. The molecule has 0 spiro atoms. The van der Waals surface area contributed by atoms with Crippen LogP contribution in [0.5, 0.6) is 0 Å². The highest BCUT2D eigenvalue weighted by Gasteiger charge is 2.11. The van der Waals surface area contributed by atoms with Crippen LogP contribution in [0, 0.1) is 25.2 Å². The van der Waals surface area contributed by atoms with Crippen molar-refractivity contribution in [1.82, 2.24) is 5.32 Å². The van der Waals surface area contributed by atoms with Crippen LogP contribution >= 0.6 is 15.9 Å². The van der Waals surface area contributed by atoms with E-state index in [2.05, 4.69) is 26.6 Å². The molecule has 1 amide bonds. The van der Waals surface area contributed by atoms with E-state index in [0.29, 0.717) is 6.54 Å². The molecule has 0 aliphatic heterocycles. The number of nitrogens with one attached hydrogen (secondary N) is 2. The maximum absolute atomic E-state index is 12.3. The van der Waals surface area contributed by atoms with Gasteiger partial charge in [0.2, 0.25) is 0 Å². The molecule has 0 saturated heterocycles. The number of anilines is 1. The standard InChI is InChI=1S/C20H20BrN3O/c1-14-5-3-8-19(15(14)2)24-20(25)17(12-22)13-23-10-9-16-6-4-7-18(21)11-16/h3-8,11,13,23H,9-10H2,1-2H3,(H,24,25)/b17-13-. The molecule has 4 nitrogen and oxygen atoms in total. The lowest BCUT2D eigenvalue weighted by Crippen LogP contribution is -2.18. The number of rotatable bonds is 6. The summed E-state index contributed by atoms with van der Waals surface area (Å²) < 4.78 is 1.03. The minimum atomic E-state index is -0.411. The van der Waals surface area contributed by atoms with Gasteiger partial charge in [-0.05, 0) is 55.2 Å². The van der Waals surface area contributed by atoms with Crippen molar-refractivity contribution in [3.63, 3.8) is 0 Å². The van der Waals surface area contributed by atoms with E-state index in [0.717, 1.165) is 27.7 Å². The van der Waals surface area contributed by atoms with E-state index in [1.807, 2.05) is 62.4 Å². The maximum atomic E-state index is 12.3. The molecule has 0 radical (unpaired) electrons.